The normalized spacial score (nSPS) is 15.3. The van der Waals surface area contributed by atoms with Crippen molar-refractivity contribution >= 4 is 35.0 Å². The number of hydrazone groups is 1. The van der Waals surface area contributed by atoms with Gasteiger partial charge in [-0.3, -0.25) is 4.79 Å². The molecule has 4 aromatic rings. The van der Waals surface area contributed by atoms with Gasteiger partial charge < -0.3 is 13.7 Å². The maximum absolute atomic E-state index is 13.3. The van der Waals surface area contributed by atoms with Crippen LogP contribution in [0.2, 0.25) is 5.02 Å². The first-order valence-corrected chi connectivity index (χ1v) is 12.3. The zero-order valence-corrected chi connectivity index (χ0v) is 20.7. The van der Waals surface area contributed by atoms with Crippen molar-refractivity contribution in [3.8, 4) is 17.1 Å². The van der Waals surface area contributed by atoms with Crippen molar-refractivity contribution in [2.75, 3.05) is 12.9 Å². The van der Waals surface area contributed by atoms with Crippen LogP contribution in [-0.4, -0.2) is 44.3 Å². The lowest BCUT2D eigenvalue weighted by molar-refractivity contribution is -0.130. The molecule has 3 heterocycles. The molecule has 10 heteroatoms. The number of amides is 1. The Balaban J connectivity index is 1.33. The summed E-state index contributed by atoms with van der Waals surface area (Å²) in [7, 11) is 3.51. The maximum Gasteiger partial charge on any atom is 0.253 e. The van der Waals surface area contributed by atoms with Crippen molar-refractivity contribution in [1.29, 1.82) is 0 Å². The number of carbonyl (C=O) groups excluding carboxylic acids is 1. The van der Waals surface area contributed by atoms with E-state index in [0.29, 0.717) is 28.2 Å². The van der Waals surface area contributed by atoms with Crippen LogP contribution in [0.15, 0.2) is 81.6 Å². The topological polar surface area (TPSA) is 85.8 Å². The molecule has 178 valence electrons. The fourth-order valence-corrected chi connectivity index (χ4v) is 4.77. The third-order valence-electron chi connectivity index (χ3n) is 5.72. The highest BCUT2D eigenvalue weighted by Crippen LogP contribution is 2.34. The summed E-state index contributed by atoms with van der Waals surface area (Å²) in [6, 6.07) is 18.4. The fourth-order valence-electron chi connectivity index (χ4n) is 3.88. The molecule has 8 nitrogen and oxygen atoms in total. The quantitative estimate of drug-likeness (QED) is 0.319. The summed E-state index contributed by atoms with van der Waals surface area (Å²) in [4.78, 5) is 13.3. The minimum Gasteiger partial charge on any atom is -0.497 e. The molecule has 0 radical (unpaired) electrons. The molecule has 0 N–H and O–H groups in total. The van der Waals surface area contributed by atoms with Crippen LogP contribution in [0.1, 0.15) is 23.8 Å². The predicted molar refractivity (Wildman–Crippen MR) is 135 cm³/mol. The van der Waals surface area contributed by atoms with Gasteiger partial charge in [-0.05, 0) is 54.1 Å². The first-order chi connectivity index (χ1) is 17.0. The Hall–Kier alpha value is -3.56. The average molecular weight is 508 g/mol. The van der Waals surface area contributed by atoms with Gasteiger partial charge in [0.25, 0.3) is 5.91 Å². The second kappa shape index (κ2) is 9.97. The summed E-state index contributed by atoms with van der Waals surface area (Å²) in [6.45, 7) is 0. The molecule has 0 saturated heterocycles. The van der Waals surface area contributed by atoms with E-state index in [1.54, 1.807) is 13.4 Å². The van der Waals surface area contributed by atoms with Gasteiger partial charge in [0.05, 0.1) is 24.8 Å². The summed E-state index contributed by atoms with van der Waals surface area (Å²) < 4.78 is 12.7. The van der Waals surface area contributed by atoms with Crippen LogP contribution in [0.25, 0.3) is 11.4 Å². The van der Waals surface area contributed by atoms with Gasteiger partial charge in [-0.1, -0.05) is 35.5 Å². The van der Waals surface area contributed by atoms with Crippen LogP contribution in [0.5, 0.6) is 5.75 Å². The number of hydrogen-bond acceptors (Lipinski definition) is 7. The van der Waals surface area contributed by atoms with E-state index in [-0.39, 0.29) is 17.7 Å². The number of furan rings is 1. The molecular weight excluding hydrogens is 486 g/mol. The smallest absolute Gasteiger partial charge is 0.253 e. The lowest BCUT2D eigenvalue weighted by Crippen LogP contribution is -2.28. The molecular formula is C25H22ClN5O3S. The van der Waals surface area contributed by atoms with Gasteiger partial charge in [0.15, 0.2) is 11.0 Å². The average Bonchev–Trinajstić information content (AvgIpc) is 3.63. The lowest BCUT2D eigenvalue weighted by Gasteiger charge is -2.19. The van der Waals surface area contributed by atoms with Gasteiger partial charge in [-0.2, -0.15) is 5.10 Å². The van der Waals surface area contributed by atoms with Gasteiger partial charge in [0, 0.05) is 24.1 Å². The molecule has 1 aliphatic heterocycles. The molecule has 0 bridgehead atoms. The molecule has 5 rings (SSSR count). The van der Waals surface area contributed by atoms with Gasteiger partial charge in [-0.25, -0.2) is 5.01 Å². The van der Waals surface area contributed by atoms with Gasteiger partial charge >= 0.3 is 0 Å². The highest BCUT2D eigenvalue weighted by molar-refractivity contribution is 7.99. The monoisotopic (exact) mass is 507 g/mol. The van der Waals surface area contributed by atoms with Crippen molar-refractivity contribution in [2.24, 2.45) is 12.1 Å². The summed E-state index contributed by atoms with van der Waals surface area (Å²) in [5, 5.41) is 16.0. The Morgan fingerprint density at radius 2 is 1.86 bits per heavy atom. The van der Waals surface area contributed by atoms with E-state index in [4.69, 9.17) is 20.8 Å². The number of hydrogen-bond donors (Lipinski definition) is 0. The van der Waals surface area contributed by atoms with Gasteiger partial charge in [-0.15, -0.1) is 10.2 Å². The largest absolute Gasteiger partial charge is 0.497 e. The number of halogens is 1. The van der Waals surface area contributed by atoms with E-state index in [2.05, 4.69) is 15.3 Å². The van der Waals surface area contributed by atoms with Crippen LogP contribution >= 0.6 is 23.4 Å². The Bertz CT molecular complexity index is 1350. The second-order valence-electron chi connectivity index (χ2n) is 7.91. The van der Waals surface area contributed by atoms with E-state index in [0.717, 1.165) is 22.6 Å². The molecule has 2 aromatic heterocycles. The minimum absolute atomic E-state index is 0.144. The fraction of sp³-hybridized carbons (Fsp3) is 0.200. The molecule has 0 fully saturated rings. The van der Waals surface area contributed by atoms with Crippen molar-refractivity contribution < 1.29 is 13.9 Å². The minimum atomic E-state index is -0.307. The molecule has 0 aliphatic carbocycles. The Morgan fingerprint density at radius 3 is 2.54 bits per heavy atom. The highest BCUT2D eigenvalue weighted by atomic mass is 35.5. The molecule has 0 unspecified atom stereocenters. The van der Waals surface area contributed by atoms with Crippen LogP contribution in [0, 0.1) is 0 Å². The van der Waals surface area contributed by atoms with E-state index in [1.165, 1.54) is 16.8 Å². The summed E-state index contributed by atoms with van der Waals surface area (Å²) in [5.74, 6) is 2.18. The summed E-state index contributed by atoms with van der Waals surface area (Å²) >= 11 is 7.35. The molecule has 1 atom stereocenters. The van der Waals surface area contributed by atoms with E-state index in [9.17, 15) is 4.79 Å². The van der Waals surface area contributed by atoms with Crippen LogP contribution in [0.4, 0.5) is 0 Å². The molecule has 0 saturated carbocycles. The van der Waals surface area contributed by atoms with Gasteiger partial charge in [0.2, 0.25) is 0 Å². The number of rotatable bonds is 7. The van der Waals surface area contributed by atoms with Crippen molar-refractivity contribution in [1.82, 2.24) is 19.8 Å². The number of benzene rings is 2. The summed E-state index contributed by atoms with van der Waals surface area (Å²) in [5.41, 5.74) is 2.64. The van der Waals surface area contributed by atoms with E-state index < -0.39 is 0 Å². The first-order valence-electron chi connectivity index (χ1n) is 10.9. The molecule has 0 spiro atoms. The zero-order chi connectivity index (χ0) is 24.4. The Labute approximate surface area is 211 Å². The first kappa shape index (κ1) is 23.2. The Kier molecular flexibility index (Phi) is 6.61. The predicted octanol–water partition coefficient (Wildman–Crippen LogP) is 5.21. The number of aromatic nitrogens is 3. The van der Waals surface area contributed by atoms with Crippen LogP contribution in [-0.2, 0) is 11.8 Å². The van der Waals surface area contributed by atoms with Gasteiger partial charge in [0.1, 0.15) is 17.6 Å². The third-order valence-corrected chi connectivity index (χ3v) is 6.98. The summed E-state index contributed by atoms with van der Waals surface area (Å²) in [6.07, 6.45) is 2.16. The molecule has 1 amide bonds. The van der Waals surface area contributed by atoms with E-state index in [1.807, 2.05) is 72.3 Å². The molecule has 1 aliphatic rings. The lowest BCUT2D eigenvalue weighted by atomic mass is 10.0. The highest BCUT2D eigenvalue weighted by Gasteiger charge is 2.35. The number of ether oxygens (including phenoxy) is 1. The number of carbonyl (C=O) groups is 1. The van der Waals surface area contributed by atoms with Crippen molar-refractivity contribution in [3.63, 3.8) is 0 Å². The van der Waals surface area contributed by atoms with Crippen LogP contribution in [0.3, 0.4) is 0 Å². The number of thioether (sulfide) groups is 1. The maximum atomic E-state index is 13.3. The molecule has 35 heavy (non-hydrogen) atoms. The standard InChI is InChI=1S/C25H22ClN5O3S/c1-30-24(17-7-11-19(33-2)12-8-17)27-28-25(30)35-15-23(32)31-21(22-4-3-13-34-22)14-20(29-31)16-5-9-18(26)10-6-16/h3-13,21H,14-15H2,1-2H3/t21-/m1/s1. The second-order valence-corrected chi connectivity index (χ2v) is 9.29. The van der Waals surface area contributed by atoms with Crippen LogP contribution < -0.4 is 4.74 Å². The van der Waals surface area contributed by atoms with Crippen molar-refractivity contribution in [3.05, 3.63) is 83.3 Å². The SMILES string of the molecule is COc1ccc(-c2nnc(SCC(=O)N3N=C(c4ccc(Cl)cc4)C[C@@H]3c3ccco3)n2C)cc1. The number of nitrogens with zero attached hydrogens (tertiary/aromatic N) is 5. The Morgan fingerprint density at radius 1 is 1.11 bits per heavy atom. The zero-order valence-electron chi connectivity index (χ0n) is 19.1. The van der Waals surface area contributed by atoms with E-state index >= 15 is 0 Å². The number of methoxy groups -OCH3 is 1. The van der Waals surface area contributed by atoms with Crippen molar-refractivity contribution in [2.45, 2.75) is 17.6 Å². The molecule has 2 aromatic carbocycles. The third kappa shape index (κ3) is 4.82.